The van der Waals surface area contributed by atoms with E-state index in [1.54, 1.807) is 11.4 Å². The maximum absolute atomic E-state index is 12.0. The summed E-state index contributed by atoms with van der Waals surface area (Å²) < 4.78 is 63.6. The van der Waals surface area contributed by atoms with E-state index in [0.29, 0.717) is 0 Å². The molecule has 7 heteroatoms. The lowest BCUT2D eigenvalue weighted by Crippen LogP contribution is -2.34. The molecule has 0 aromatic heterocycles. The number of carbonyl (C=O) groups is 1. The van der Waals surface area contributed by atoms with E-state index in [0.717, 1.165) is 0 Å². The number of carbonyl (C=O) groups excluding carboxylic acids is 1. The average Bonchev–Trinajstić information content (AvgIpc) is 2.35. The zero-order chi connectivity index (χ0) is 18.8. The van der Waals surface area contributed by atoms with E-state index in [4.69, 9.17) is 10.2 Å². The number of alkyl carbamates (subject to hydrolysis) is 1. The molecule has 0 atom stereocenters. The van der Waals surface area contributed by atoms with Gasteiger partial charge in [-0.05, 0) is 32.9 Å². The molecule has 0 unspecified atom stereocenters. The van der Waals surface area contributed by atoms with E-state index in [1.165, 1.54) is 45.0 Å². The quantitative estimate of drug-likeness (QED) is 0.840. The molecule has 0 spiro atoms. The zero-order valence-corrected chi connectivity index (χ0v) is 12.2. The lowest BCUT2D eigenvalue weighted by Gasteiger charge is -2.19. The normalized spacial score (nSPS) is 16.4. The molecule has 0 aliphatic rings. The Hall–Kier alpha value is -1.60. The first kappa shape index (κ1) is 11.1. The van der Waals surface area contributed by atoms with Crippen LogP contribution in [0.5, 0.6) is 0 Å². The van der Waals surface area contributed by atoms with Gasteiger partial charge in [0.1, 0.15) is 5.60 Å². The number of benzene rings is 1. The van der Waals surface area contributed by atoms with Crippen molar-refractivity contribution < 1.29 is 27.6 Å². The Bertz CT molecular complexity index is 686. The van der Waals surface area contributed by atoms with E-state index < -0.39 is 34.9 Å². The summed E-state index contributed by atoms with van der Waals surface area (Å²) in [5.41, 5.74) is -0.941. The van der Waals surface area contributed by atoms with Gasteiger partial charge in [0.25, 0.3) is 10.1 Å². The van der Waals surface area contributed by atoms with Crippen molar-refractivity contribution in [3.8, 4) is 0 Å². The first-order valence-corrected chi connectivity index (χ1v) is 7.09. The molecule has 1 amide bonds. The minimum Gasteiger partial charge on any atom is -0.444 e. The Kier molecular flexibility index (Phi) is 3.73. The van der Waals surface area contributed by atoms with Gasteiger partial charge in [0, 0.05) is 6.50 Å². The summed E-state index contributed by atoms with van der Waals surface area (Å²) in [6.07, 6.45) is -1.25. The van der Waals surface area contributed by atoms with Crippen LogP contribution in [0.15, 0.2) is 35.2 Å². The van der Waals surface area contributed by atoms with E-state index in [1.807, 2.05) is 0 Å². The van der Waals surface area contributed by atoms with Crippen LogP contribution < -0.4 is 5.32 Å². The number of hydrogen-bond acceptors (Lipinski definition) is 5. The van der Waals surface area contributed by atoms with E-state index in [9.17, 15) is 13.2 Å². The molecular formula is C13H19NO5S. The Morgan fingerprint density at radius 2 is 1.90 bits per heavy atom. The van der Waals surface area contributed by atoms with Crippen molar-refractivity contribution >= 4 is 16.2 Å². The molecule has 6 nitrogen and oxygen atoms in total. The fraction of sp³-hybridized carbons (Fsp3) is 0.462. The fourth-order valence-corrected chi connectivity index (χ4v) is 1.83. The third-order valence-electron chi connectivity index (χ3n) is 1.80. The summed E-state index contributed by atoms with van der Waals surface area (Å²) in [5, 5.41) is 1.63. The molecule has 0 fully saturated rings. The van der Waals surface area contributed by atoms with Crippen molar-refractivity contribution in [3.05, 3.63) is 30.3 Å². The van der Waals surface area contributed by atoms with Crippen LogP contribution in [0.2, 0.25) is 0 Å². The molecule has 1 rings (SSSR count). The lowest BCUT2D eigenvalue weighted by atomic mass is 10.2. The van der Waals surface area contributed by atoms with Crippen LogP contribution in [0.1, 0.15) is 26.3 Å². The molecule has 112 valence electrons. The summed E-state index contributed by atoms with van der Waals surface area (Å²) in [4.78, 5) is 11.3. The average molecular weight is 305 g/mol. The molecule has 1 aromatic rings. The molecule has 0 saturated carbocycles. The van der Waals surface area contributed by atoms with Gasteiger partial charge >= 0.3 is 6.09 Å². The number of nitrogens with one attached hydrogen (secondary N) is 1. The highest BCUT2D eigenvalue weighted by molar-refractivity contribution is 7.86. The van der Waals surface area contributed by atoms with Crippen LogP contribution in [-0.2, 0) is 19.0 Å². The lowest BCUT2D eigenvalue weighted by molar-refractivity contribution is 0.0520. The Morgan fingerprint density at radius 1 is 1.30 bits per heavy atom. The third-order valence-corrected chi connectivity index (χ3v) is 2.95. The highest BCUT2D eigenvalue weighted by atomic mass is 32.2. The van der Waals surface area contributed by atoms with Crippen molar-refractivity contribution in [1.29, 1.82) is 0 Å². The maximum Gasteiger partial charge on any atom is 0.407 e. The van der Waals surface area contributed by atoms with Gasteiger partial charge in [-0.3, -0.25) is 4.18 Å². The van der Waals surface area contributed by atoms with Gasteiger partial charge in [-0.2, -0.15) is 8.42 Å². The van der Waals surface area contributed by atoms with Crippen LogP contribution in [-0.4, -0.2) is 33.2 Å². The Morgan fingerprint density at radius 3 is 2.45 bits per heavy atom. The van der Waals surface area contributed by atoms with Crippen LogP contribution >= 0.6 is 0 Å². The highest BCUT2D eigenvalue weighted by Gasteiger charge is 2.17. The highest BCUT2D eigenvalue weighted by Crippen LogP contribution is 2.10. The van der Waals surface area contributed by atoms with Gasteiger partial charge in [0.05, 0.1) is 16.9 Å². The van der Waals surface area contributed by atoms with Crippen LogP contribution in [0.4, 0.5) is 4.79 Å². The van der Waals surface area contributed by atoms with Crippen LogP contribution in [0.25, 0.3) is 0 Å². The van der Waals surface area contributed by atoms with Crippen molar-refractivity contribution in [3.63, 3.8) is 0 Å². The molecule has 1 N–H and O–H groups in total. The second kappa shape index (κ2) is 6.71. The smallest absolute Gasteiger partial charge is 0.407 e. The number of rotatable bonds is 5. The standard InChI is InChI=1S/C13H19NO5S/c1-13(2,3)19-12(15)14-9-10-18-20(16,17)11-7-5-4-6-8-11/h4-8H,9-10H2,1-3H3,(H,14,15)/i9D2,10D2. The summed E-state index contributed by atoms with van der Waals surface area (Å²) in [7, 11) is -4.58. The topological polar surface area (TPSA) is 81.7 Å². The summed E-state index contributed by atoms with van der Waals surface area (Å²) >= 11 is 0. The SMILES string of the molecule is [2H]C([2H])(NC(=O)OC(C)(C)C)C([2H])([2H])OS(=O)(=O)c1ccccc1. The molecule has 1 aromatic carbocycles. The molecule has 0 bridgehead atoms. The third kappa shape index (κ3) is 6.03. The van der Waals surface area contributed by atoms with Crippen molar-refractivity contribution in [2.75, 3.05) is 13.1 Å². The predicted molar refractivity (Wildman–Crippen MR) is 73.8 cm³/mol. The first-order valence-electron chi connectivity index (χ1n) is 7.68. The number of amides is 1. The second-order valence-electron chi connectivity index (χ2n) is 4.70. The van der Waals surface area contributed by atoms with Crippen molar-refractivity contribution in [2.24, 2.45) is 0 Å². The Labute approximate surface area is 124 Å². The van der Waals surface area contributed by atoms with Crippen molar-refractivity contribution in [2.45, 2.75) is 31.3 Å². The summed E-state index contributed by atoms with van der Waals surface area (Å²) in [6.45, 7) is -1.94. The largest absolute Gasteiger partial charge is 0.444 e. The van der Waals surface area contributed by atoms with Crippen molar-refractivity contribution in [1.82, 2.24) is 5.32 Å². The molecule has 0 radical (unpaired) electrons. The van der Waals surface area contributed by atoms with Crippen LogP contribution in [0.3, 0.4) is 0 Å². The van der Waals surface area contributed by atoms with Gasteiger partial charge in [-0.15, -0.1) is 0 Å². The van der Waals surface area contributed by atoms with E-state index >= 15 is 0 Å². The molecule has 20 heavy (non-hydrogen) atoms. The summed E-state index contributed by atoms with van der Waals surface area (Å²) in [6, 6.07) is 6.69. The molecule has 0 heterocycles. The Balaban J connectivity index is 2.95. The first-order chi connectivity index (χ1) is 10.7. The van der Waals surface area contributed by atoms with Gasteiger partial charge in [-0.1, -0.05) is 18.2 Å². The van der Waals surface area contributed by atoms with Gasteiger partial charge in [-0.25, -0.2) is 4.79 Å². The number of hydrogen-bond donors (Lipinski definition) is 1. The maximum atomic E-state index is 12.0. The fourth-order valence-electron chi connectivity index (χ4n) is 1.09. The minimum absolute atomic E-state index is 0.345. The van der Waals surface area contributed by atoms with E-state index in [2.05, 4.69) is 4.18 Å². The van der Waals surface area contributed by atoms with Gasteiger partial charge in [0.2, 0.25) is 0 Å². The van der Waals surface area contributed by atoms with Gasteiger partial charge < -0.3 is 10.1 Å². The minimum atomic E-state index is -4.58. The number of ether oxygens (including phenoxy) is 1. The van der Waals surface area contributed by atoms with E-state index in [-0.39, 0.29) is 4.90 Å². The van der Waals surface area contributed by atoms with Gasteiger partial charge in [0.15, 0.2) is 0 Å². The zero-order valence-electron chi connectivity index (χ0n) is 15.3. The molecule has 0 aliphatic carbocycles. The molecular weight excluding hydrogens is 282 g/mol. The molecule has 0 saturated heterocycles. The van der Waals surface area contributed by atoms with Crippen LogP contribution in [0, 0.1) is 0 Å². The second-order valence-corrected chi connectivity index (χ2v) is 6.25. The predicted octanol–water partition coefficient (Wildman–Crippen LogP) is 1.92. The monoisotopic (exact) mass is 305 g/mol. The summed E-state index contributed by atoms with van der Waals surface area (Å²) in [5.74, 6) is 0. The molecule has 0 aliphatic heterocycles.